The van der Waals surface area contributed by atoms with E-state index in [0.29, 0.717) is 13.1 Å². The van der Waals surface area contributed by atoms with Gasteiger partial charge in [0.1, 0.15) is 5.60 Å². The van der Waals surface area contributed by atoms with Gasteiger partial charge in [-0.2, -0.15) is 5.26 Å². The molecule has 7 nitrogen and oxygen atoms in total. The molecule has 24 heavy (non-hydrogen) atoms. The number of nitrogens with zero attached hydrogens (tertiary/aromatic N) is 3. The van der Waals surface area contributed by atoms with Crippen LogP contribution in [0.2, 0.25) is 0 Å². The second-order valence-electron chi connectivity index (χ2n) is 7.38. The van der Waals surface area contributed by atoms with Crippen LogP contribution in [-0.2, 0) is 10.2 Å². The maximum absolute atomic E-state index is 12.1. The molecule has 0 radical (unpaired) electrons. The molecule has 1 amide bonds. The summed E-state index contributed by atoms with van der Waals surface area (Å²) >= 11 is 0. The van der Waals surface area contributed by atoms with E-state index in [4.69, 9.17) is 4.74 Å². The molecule has 2 unspecified atom stereocenters. The quantitative estimate of drug-likeness (QED) is 0.614. The third kappa shape index (κ3) is 2.48. The lowest BCUT2D eigenvalue weighted by atomic mass is 9.91. The fourth-order valence-corrected chi connectivity index (χ4v) is 3.62. The molecular formula is C17H19N3O4. The van der Waals surface area contributed by atoms with Crippen molar-refractivity contribution in [1.82, 2.24) is 4.90 Å². The Kier molecular flexibility index (Phi) is 3.52. The van der Waals surface area contributed by atoms with E-state index < -0.39 is 15.9 Å². The molecule has 1 saturated heterocycles. The van der Waals surface area contributed by atoms with Gasteiger partial charge in [0.05, 0.1) is 16.4 Å². The first-order valence-corrected chi connectivity index (χ1v) is 7.83. The SMILES string of the molecule is CC(C)(C)OC(=O)N1CC2[C@H](C1)C2(C#N)c1ccc([N+](=O)[O-])cc1. The Bertz CT molecular complexity index is 718. The highest BCUT2D eigenvalue weighted by molar-refractivity contribution is 5.70. The molecule has 1 aliphatic heterocycles. The van der Waals surface area contributed by atoms with Gasteiger partial charge in [0.2, 0.25) is 0 Å². The zero-order valence-electron chi connectivity index (χ0n) is 13.9. The maximum atomic E-state index is 12.1. The summed E-state index contributed by atoms with van der Waals surface area (Å²) in [5.74, 6) is 0.105. The van der Waals surface area contributed by atoms with Crippen LogP contribution in [0.25, 0.3) is 0 Å². The first-order chi connectivity index (χ1) is 11.2. The molecule has 0 bridgehead atoms. The highest BCUT2D eigenvalue weighted by atomic mass is 16.6. The van der Waals surface area contributed by atoms with Crippen LogP contribution in [0.1, 0.15) is 26.3 Å². The number of hydrogen-bond donors (Lipinski definition) is 0. The number of nitro groups is 1. The molecule has 0 aromatic heterocycles. The van der Waals surface area contributed by atoms with Gasteiger partial charge in [-0.05, 0) is 26.3 Å². The zero-order valence-corrected chi connectivity index (χ0v) is 13.9. The van der Waals surface area contributed by atoms with Crippen molar-refractivity contribution in [2.45, 2.75) is 31.8 Å². The van der Waals surface area contributed by atoms with Gasteiger partial charge < -0.3 is 9.64 Å². The average molecular weight is 329 g/mol. The van der Waals surface area contributed by atoms with Gasteiger partial charge in [-0.25, -0.2) is 4.79 Å². The van der Waals surface area contributed by atoms with E-state index in [2.05, 4.69) is 6.07 Å². The number of piperidine rings is 1. The Morgan fingerprint density at radius 3 is 2.29 bits per heavy atom. The lowest BCUT2D eigenvalue weighted by Crippen LogP contribution is -2.38. The predicted octanol–water partition coefficient (Wildman–Crippen LogP) is 2.85. The number of carbonyl (C=O) groups is 1. The molecule has 1 heterocycles. The number of fused-ring (bicyclic) bond motifs is 1. The minimum Gasteiger partial charge on any atom is -0.444 e. The van der Waals surface area contributed by atoms with E-state index in [1.807, 2.05) is 20.8 Å². The number of ether oxygens (including phenoxy) is 1. The minimum atomic E-state index is -0.645. The standard InChI is InChI=1S/C17H19N3O4/c1-16(2,3)24-15(21)19-8-13-14(9-19)17(13,10-18)11-4-6-12(7-5-11)20(22)23/h4-7,13-14H,8-9H2,1-3H3/t13-,14?,17?/m0/s1. The number of rotatable bonds is 2. The normalized spacial score (nSPS) is 28.0. The lowest BCUT2D eigenvalue weighted by molar-refractivity contribution is -0.384. The first kappa shape index (κ1) is 16.2. The molecule has 1 aromatic rings. The molecular weight excluding hydrogens is 310 g/mol. The molecule has 0 N–H and O–H groups in total. The molecule has 1 aliphatic carbocycles. The van der Waals surface area contributed by atoms with Crippen LogP contribution in [0.3, 0.4) is 0 Å². The van der Waals surface area contributed by atoms with Crippen molar-refractivity contribution in [3.05, 3.63) is 39.9 Å². The Morgan fingerprint density at radius 2 is 1.88 bits per heavy atom. The van der Waals surface area contributed by atoms with Gasteiger partial charge in [0.25, 0.3) is 5.69 Å². The molecule has 3 rings (SSSR count). The number of benzene rings is 1. The summed E-state index contributed by atoms with van der Waals surface area (Å²) in [5, 5.41) is 20.4. The predicted molar refractivity (Wildman–Crippen MR) is 85.2 cm³/mol. The van der Waals surface area contributed by atoms with Crippen LogP contribution < -0.4 is 0 Å². The highest BCUT2D eigenvalue weighted by Crippen LogP contribution is 2.63. The Labute approximate surface area is 140 Å². The van der Waals surface area contributed by atoms with Crippen molar-refractivity contribution in [1.29, 1.82) is 5.26 Å². The molecule has 2 fully saturated rings. The molecule has 3 atom stereocenters. The van der Waals surface area contributed by atoms with Crippen LogP contribution in [0.15, 0.2) is 24.3 Å². The number of nitro benzene ring substituents is 1. The number of non-ortho nitro benzene ring substituents is 1. The van der Waals surface area contributed by atoms with E-state index in [0.717, 1.165) is 5.56 Å². The third-order valence-electron chi connectivity index (χ3n) is 4.77. The minimum absolute atomic E-state index is 0.00744. The Morgan fingerprint density at radius 1 is 1.33 bits per heavy atom. The number of amides is 1. The maximum Gasteiger partial charge on any atom is 0.410 e. The van der Waals surface area contributed by atoms with E-state index in [1.165, 1.54) is 12.1 Å². The smallest absolute Gasteiger partial charge is 0.410 e. The molecule has 1 saturated carbocycles. The Hall–Kier alpha value is -2.62. The van der Waals surface area contributed by atoms with Gasteiger partial charge in [-0.3, -0.25) is 10.1 Å². The van der Waals surface area contributed by atoms with Crippen LogP contribution in [0.5, 0.6) is 0 Å². The summed E-state index contributed by atoms with van der Waals surface area (Å²) in [6.07, 6.45) is -0.356. The summed E-state index contributed by atoms with van der Waals surface area (Å²) in [7, 11) is 0. The summed E-state index contributed by atoms with van der Waals surface area (Å²) in [4.78, 5) is 24.1. The van der Waals surface area contributed by atoms with Crippen molar-refractivity contribution in [2.24, 2.45) is 11.8 Å². The number of hydrogen-bond acceptors (Lipinski definition) is 5. The van der Waals surface area contributed by atoms with Gasteiger partial charge in [-0.1, -0.05) is 12.1 Å². The van der Waals surface area contributed by atoms with Crippen LogP contribution in [0, 0.1) is 33.3 Å². The first-order valence-electron chi connectivity index (χ1n) is 7.83. The monoisotopic (exact) mass is 329 g/mol. The van der Waals surface area contributed by atoms with Gasteiger partial charge in [0.15, 0.2) is 0 Å². The number of carbonyl (C=O) groups excluding carboxylic acids is 1. The summed E-state index contributed by atoms with van der Waals surface area (Å²) in [5.41, 5.74) is -0.398. The van der Waals surface area contributed by atoms with Crippen molar-refractivity contribution in [3.63, 3.8) is 0 Å². The third-order valence-corrected chi connectivity index (χ3v) is 4.77. The van der Waals surface area contributed by atoms with E-state index in [-0.39, 0.29) is 23.6 Å². The van der Waals surface area contributed by atoms with Crippen molar-refractivity contribution in [3.8, 4) is 6.07 Å². The lowest BCUT2D eigenvalue weighted by Gasteiger charge is -2.27. The number of likely N-dealkylation sites (tertiary alicyclic amines) is 1. The molecule has 126 valence electrons. The van der Waals surface area contributed by atoms with Gasteiger partial charge in [-0.15, -0.1) is 0 Å². The summed E-state index contributed by atoms with van der Waals surface area (Å²) in [6, 6.07) is 8.53. The van der Waals surface area contributed by atoms with Gasteiger partial charge in [0, 0.05) is 37.1 Å². The fourth-order valence-electron chi connectivity index (χ4n) is 3.62. The molecule has 7 heteroatoms. The Balaban J connectivity index is 1.73. The van der Waals surface area contributed by atoms with Crippen LogP contribution in [0.4, 0.5) is 10.5 Å². The van der Waals surface area contributed by atoms with Crippen LogP contribution >= 0.6 is 0 Å². The second-order valence-corrected chi connectivity index (χ2v) is 7.38. The molecule has 2 aliphatic rings. The highest BCUT2D eigenvalue weighted by Gasteiger charge is 2.70. The fraction of sp³-hybridized carbons (Fsp3) is 0.529. The molecule has 1 aromatic carbocycles. The van der Waals surface area contributed by atoms with Crippen LogP contribution in [-0.4, -0.2) is 34.6 Å². The molecule has 0 spiro atoms. The second kappa shape index (κ2) is 5.20. The average Bonchev–Trinajstić information content (AvgIpc) is 2.88. The van der Waals surface area contributed by atoms with E-state index in [9.17, 15) is 20.2 Å². The van der Waals surface area contributed by atoms with E-state index in [1.54, 1.807) is 17.0 Å². The van der Waals surface area contributed by atoms with Crippen molar-refractivity contribution >= 4 is 11.8 Å². The summed E-state index contributed by atoms with van der Waals surface area (Å²) < 4.78 is 5.37. The largest absolute Gasteiger partial charge is 0.444 e. The number of nitriles is 1. The van der Waals surface area contributed by atoms with Crippen molar-refractivity contribution in [2.75, 3.05) is 13.1 Å². The topological polar surface area (TPSA) is 96.5 Å². The van der Waals surface area contributed by atoms with Crippen molar-refractivity contribution < 1.29 is 14.5 Å². The summed E-state index contributed by atoms with van der Waals surface area (Å²) in [6.45, 7) is 6.41. The van der Waals surface area contributed by atoms with E-state index >= 15 is 0 Å². The zero-order chi connectivity index (χ0) is 17.7. The van der Waals surface area contributed by atoms with Gasteiger partial charge >= 0.3 is 6.09 Å².